The van der Waals surface area contributed by atoms with Gasteiger partial charge in [-0.15, -0.1) is 5.10 Å². The van der Waals surface area contributed by atoms with Gasteiger partial charge in [0.2, 0.25) is 11.6 Å². The lowest BCUT2D eigenvalue weighted by Gasteiger charge is -2.32. The molecular formula is C31H40BN3O6. The van der Waals surface area contributed by atoms with E-state index in [1.54, 1.807) is 18.7 Å². The first-order valence-corrected chi connectivity index (χ1v) is 14.5. The number of benzene rings is 2. The second-order valence-corrected chi connectivity index (χ2v) is 11.8. The van der Waals surface area contributed by atoms with Crippen LogP contribution in [0.3, 0.4) is 0 Å². The molecule has 1 saturated carbocycles. The first-order valence-electron chi connectivity index (χ1n) is 14.5. The van der Waals surface area contributed by atoms with E-state index < -0.39 is 5.97 Å². The molecule has 218 valence electrons. The molecule has 0 amide bonds. The van der Waals surface area contributed by atoms with Gasteiger partial charge in [0.05, 0.1) is 31.5 Å². The lowest BCUT2D eigenvalue weighted by atomic mass is 9.76. The van der Waals surface area contributed by atoms with E-state index in [0.29, 0.717) is 18.3 Å². The van der Waals surface area contributed by atoms with Gasteiger partial charge in [-0.05, 0) is 94.9 Å². The zero-order valence-electron chi connectivity index (χ0n) is 24.9. The first-order chi connectivity index (χ1) is 19.6. The summed E-state index contributed by atoms with van der Waals surface area (Å²) in [6.07, 6.45) is 3.64. The van der Waals surface area contributed by atoms with Crippen LogP contribution < -0.4 is 14.9 Å². The van der Waals surface area contributed by atoms with E-state index in [1.807, 2.05) is 24.3 Å². The fourth-order valence-corrected chi connectivity index (χ4v) is 5.33. The summed E-state index contributed by atoms with van der Waals surface area (Å²) in [4.78, 5) is 12.6. The van der Waals surface area contributed by atoms with E-state index in [2.05, 4.69) is 62.3 Å². The van der Waals surface area contributed by atoms with Gasteiger partial charge in [0.25, 0.3) is 0 Å². The number of carbonyl (C=O) groups is 1. The molecule has 2 aliphatic rings. The average molecular weight is 561 g/mol. The molecule has 0 N–H and O–H groups in total. The molecular weight excluding hydrogens is 521 g/mol. The van der Waals surface area contributed by atoms with Crippen LogP contribution in [0.25, 0.3) is 0 Å². The van der Waals surface area contributed by atoms with Crippen molar-refractivity contribution in [1.29, 1.82) is 0 Å². The predicted molar refractivity (Wildman–Crippen MR) is 156 cm³/mol. The molecule has 2 heterocycles. The number of esters is 1. The molecule has 9 nitrogen and oxygen atoms in total. The van der Waals surface area contributed by atoms with Crippen LogP contribution >= 0.6 is 0 Å². The summed E-state index contributed by atoms with van der Waals surface area (Å²) in [5.41, 5.74) is 2.73. The number of carbonyl (C=O) groups excluding carboxylic acids is 1. The molecule has 0 unspecified atom stereocenters. The van der Waals surface area contributed by atoms with Crippen LogP contribution in [-0.4, -0.2) is 59.1 Å². The largest absolute Gasteiger partial charge is 0.497 e. The van der Waals surface area contributed by atoms with Crippen LogP contribution in [0.5, 0.6) is 11.6 Å². The van der Waals surface area contributed by atoms with Crippen molar-refractivity contribution < 1.29 is 28.3 Å². The van der Waals surface area contributed by atoms with Crippen molar-refractivity contribution >= 4 is 18.6 Å². The maximum absolute atomic E-state index is 12.6. The van der Waals surface area contributed by atoms with Crippen molar-refractivity contribution in [2.75, 3.05) is 13.7 Å². The third-order valence-electron chi connectivity index (χ3n) is 8.54. The molecule has 0 radical (unpaired) electrons. The van der Waals surface area contributed by atoms with E-state index in [0.717, 1.165) is 42.5 Å². The van der Waals surface area contributed by atoms with E-state index in [-0.39, 0.29) is 36.7 Å². The Bertz CT molecular complexity index is 1310. The third kappa shape index (κ3) is 6.28. The Balaban J connectivity index is 1.23. The quantitative estimate of drug-likeness (QED) is 0.269. The summed E-state index contributed by atoms with van der Waals surface area (Å²) in [5, 5.41) is 8.35. The highest BCUT2D eigenvalue weighted by Crippen LogP contribution is 2.38. The van der Waals surface area contributed by atoms with Gasteiger partial charge >= 0.3 is 13.1 Å². The van der Waals surface area contributed by atoms with Crippen molar-refractivity contribution in [1.82, 2.24) is 15.0 Å². The summed E-state index contributed by atoms with van der Waals surface area (Å²) in [7, 11) is 1.28. The zero-order chi connectivity index (χ0) is 29.2. The highest BCUT2D eigenvalue weighted by molar-refractivity contribution is 6.62. The van der Waals surface area contributed by atoms with Crippen molar-refractivity contribution in [2.45, 2.75) is 90.1 Å². The van der Waals surface area contributed by atoms with Crippen molar-refractivity contribution in [3.05, 3.63) is 65.4 Å². The summed E-state index contributed by atoms with van der Waals surface area (Å²) < 4.78 is 31.0. The normalized spacial score (nSPS) is 21.5. The van der Waals surface area contributed by atoms with E-state index in [9.17, 15) is 4.79 Å². The van der Waals surface area contributed by atoms with E-state index >= 15 is 0 Å². The second kappa shape index (κ2) is 11.9. The van der Waals surface area contributed by atoms with Crippen LogP contribution in [0, 0.1) is 0 Å². The number of aromatic nitrogens is 3. The minimum absolute atomic E-state index is 0.0448. The van der Waals surface area contributed by atoms with E-state index in [4.69, 9.17) is 23.5 Å². The van der Waals surface area contributed by atoms with Gasteiger partial charge in [-0.25, -0.2) is 9.48 Å². The van der Waals surface area contributed by atoms with Crippen LogP contribution in [-0.2, 0) is 20.6 Å². The molecule has 1 aliphatic heterocycles. The monoisotopic (exact) mass is 561 g/mol. The molecule has 2 aromatic carbocycles. The fourth-order valence-electron chi connectivity index (χ4n) is 5.33. The summed E-state index contributed by atoms with van der Waals surface area (Å²) >= 11 is 0. The van der Waals surface area contributed by atoms with Crippen molar-refractivity contribution in [3.8, 4) is 11.6 Å². The maximum Gasteiger partial charge on any atom is 0.494 e. The lowest BCUT2D eigenvalue weighted by molar-refractivity contribution is 0.00578. The number of methoxy groups -OCH3 is 1. The van der Waals surface area contributed by atoms with Gasteiger partial charge in [0.1, 0.15) is 11.9 Å². The van der Waals surface area contributed by atoms with Crippen LogP contribution in [0.4, 0.5) is 0 Å². The molecule has 1 saturated heterocycles. The molecule has 3 aromatic rings. The number of rotatable bonds is 9. The van der Waals surface area contributed by atoms with Crippen LogP contribution in [0.1, 0.15) is 87.8 Å². The Hall–Kier alpha value is -3.37. The Labute approximate surface area is 242 Å². The van der Waals surface area contributed by atoms with Crippen molar-refractivity contribution in [3.63, 3.8) is 0 Å². The molecule has 1 aromatic heterocycles. The zero-order valence-corrected chi connectivity index (χ0v) is 24.9. The standard InChI is InChI=1S/C31H40BN3O6/c1-7-38-29(36)27-28(35(34-33-27)20-21-8-16-25(37-6)17-9-21)39-26-18-12-23(13-19-26)22-10-14-24(15-11-22)32-40-30(2,3)31(4,5)41-32/h8-11,14-17,23,26H,7,12-13,18-20H2,1-6H3/t23-,26-. The SMILES string of the molecule is CCOC(=O)c1nnn(Cc2ccc(OC)cc2)c1O[C@H]1CC[C@H](c2ccc(B3OC(C)(C)C(C)(C)O3)cc2)CC1. The number of nitrogens with zero attached hydrogens (tertiary/aromatic N) is 3. The lowest BCUT2D eigenvalue weighted by Crippen LogP contribution is -2.41. The Morgan fingerprint density at radius 3 is 2.20 bits per heavy atom. The Kier molecular flexibility index (Phi) is 8.43. The van der Waals surface area contributed by atoms with E-state index in [1.165, 1.54) is 5.56 Å². The molecule has 2 fully saturated rings. The number of hydrogen-bond acceptors (Lipinski definition) is 8. The highest BCUT2D eigenvalue weighted by atomic mass is 16.7. The minimum Gasteiger partial charge on any atom is -0.497 e. The molecule has 5 rings (SSSR count). The first kappa shape index (κ1) is 29.1. The molecule has 41 heavy (non-hydrogen) atoms. The second-order valence-electron chi connectivity index (χ2n) is 11.8. The smallest absolute Gasteiger partial charge is 0.494 e. The summed E-state index contributed by atoms with van der Waals surface area (Å²) in [6.45, 7) is 10.7. The molecule has 0 atom stereocenters. The Morgan fingerprint density at radius 1 is 0.976 bits per heavy atom. The van der Waals surface area contributed by atoms with Gasteiger partial charge in [-0.1, -0.05) is 41.6 Å². The van der Waals surface area contributed by atoms with Gasteiger partial charge in [-0.2, -0.15) is 0 Å². The Morgan fingerprint density at radius 2 is 1.61 bits per heavy atom. The van der Waals surface area contributed by atoms with Gasteiger partial charge in [-0.3, -0.25) is 0 Å². The van der Waals surface area contributed by atoms with Gasteiger partial charge in [0, 0.05) is 0 Å². The van der Waals surface area contributed by atoms with Crippen molar-refractivity contribution in [2.24, 2.45) is 0 Å². The van der Waals surface area contributed by atoms with Crippen LogP contribution in [0.15, 0.2) is 48.5 Å². The third-order valence-corrected chi connectivity index (χ3v) is 8.54. The van der Waals surface area contributed by atoms with Gasteiger partial charge < -0.3 is 23.5 Å². The average Bonchev–Trinajstić information content (AvgIpc) is 3.45. The number of ether oxygens (including phenoxy) is 3. The van der Waals surface area contributed by atoms with Crippen LogP contribution in [0.2, 0.25) is 0 Å². The summed E-state index contributed by atoms with van der Waals surface area (Å²) in [6, 6.07) is 16.3. The molecule has 10 heteroatoms. The molecule has 1 aliphatic carbocycles. The molecule has 0 spiro atoms. The summed E-state index contributed by atoms with van der Waals surface area (Å²) in [5.74, 6) is 1.04. The fraction of sp³-hybridized carbons (Fsp3) is 0.516. The molecule has 0 bridgehead atoms. The number of hydrogen-bond donors (Lipinski definition) is 0. The minimum atomic E-state index is -0.528. The maximum atomic E-state index is 12.6. The topological polar surface area (TPSA) is 93.9 Å². The van der Waals surface area contributed by atoms with Gasteiger partial charge in [0.15, 0.2) is 0 Å². The predicted octanol–water partition coefficient (Wildman–Crippen LogP) is 4.92. The highest BCUT2D eigenvalue weighted by Gasteiger charge is 2.51.